The highest BCUT2D eigenvalue weighted by molar-refractivity contribution is 7.88. The van der Waals surface area contributed by atoms with Gasteiger partial charge in [0.2, 0.25) is 10.0 Å². The summed E-state index contributed by atoms with van der Waals surface area (Å²) >= 11 is 7.24. The van der Waals surface area contributed by atoms with Gasteiger partial charge in [-0.1, -0.05) is 23.7 Å². The molecule has 0 unspecified atom stereocenters. The third kappa shape index (κ3) is 6.68. The number of aryl methyl sites for hydroxylation is 2. The number of hydrogen-bond donors (Lipinski definition) is 1. The van der Waals surface area contributed by atoms with E-state index in [1.54, 1.807) is 0 Å². The van der Waals surface area contributed by atoms with Crippen molar-refractivity contribution in [2.75, 3.05) is 19.3 Å². The second-order valence-corrected chi connectivity index (χ2v) is 9.29. The maximum Gasteiger partial charge on any atom is 0.355 e. The quantitative estimate of drug-likeness (QED) is 0.641. The van der Waals surface area contributed by atoms with Crippen molar-refractivity contribution < 1.29 is 18.3 Å². The van der Waals surface area contributed by atoms with Crippen LogP contribution in [-0.4, -0.2) is 48.1 Å². The Morgan fingerprint density at radius 3 is 2.54 bits per heavy atom. The summed E-state index contributed by atoms with van der Waals surface area (Å²) in [7, 11) is -3.29. The number of benzene rings is 1. The van der Waals surface area contributed by atoms with Crippen LogP contribution in [0.5, 0.6) is 0 Å². The lowest BCUT2D eigenvalue weighted by molar-refractivity contribution is 0.0691. The normalized spacial score (nSPS) is 11.8. The number of sulfonamides is 1. The Balaban J connectivity index is 1.84. The molecule has 0 spiro atoms. The van der Waals surface area contributed by atoms with Gasteiger partial charge in [-0.25, -0.2) is 22.5 Å². The molecule has 142 valence electrons. The third-order valence-electron chi connectivity index (χ3n) is 3.80. The van der Waals surface area contributed by atoms with Crippen LogP contribution in [-0.2, 0) is 22.9 Å². The molecule has 0 bridgehead atoms. The maximum absolute atomic E-state index is 12.0. The van der Waals surface area contributed by atoms with Crippen molar-refractivity contribution in [1.29, 1.82) is 0 Å². The van der Waals surface area contributed by atoms with E-state index in [2.05, 4.69) is 4.98 Å². The van der Waals surface area contributed by atoms with E-state index >= 15 is 0 Å². The molecule has 0 amide bonds. The first kappa shape index (κ1) is 20.8. The zero-order chi connectivity index (χ0) is 19.2. The molecule has 2 aromatic rings. The molecule has 2 rings (SSSR count). The van der Waals surface area contributed by atoms with Gasteiger partial charge in [0, 0.05) is 29.9 Å². The Kier molecular flexibility index (Phi) is 7.57. The third-order valence-corrected chi connectivity index (χ3v) is 6.25. The Hall–Kier alpha value is -1.48. The predicted octanol–water partition coefficient (Wildman–Crippen LogP) is 3.32. The SMILES string of the molecule is CS(=O)(=O)N(CCCc1cccc(Cl)c1)CCCc1nc(C(=O)O)cs1. The molecule has 1 aromatic carbocycles. The van der Waals surface area contributed by atoms with Gasteiger partial charge in [0.05, 0.1) is 11.3 Å². The van der Waals surface area contributed by atoms with Gasteiger partial charge in [0.1, 0.15) is 0 Å². The molecule has 0 aliphatic rings. The Bertz CT molecular complexity index is 852. The summed E-state index contributed by atoms with van der Waals surface area (Å²) in [5.74, 6) is -1.05. The monoisotopic (exact) mass is 416 g/mol. The van der Waals surface area contributed by atoms with Gasteiger partial charge in [0.15, 0.2) is 5.69 Å². The van der Waals surface area contributed by atoms with Crippen molar-refractivity contribution in [1.82, 2.24) is 9.29 Å². The lowest BCUT2D eigenvalue weighted by Crippen LogP contribution is -2.32. The van der Waals surface area contributed by atoms with Gasteiger partial charge in [-0.3, -0.25) is 0 Å². The average Bonchev–Trinajstić information content (AvgIpc) is 3.02. The molecule has 9 heteroatoms. The fraction of sp³-hybridized carbons (Fsp3) is 0.412. The molecule has 0 radical (unpaired) electrons. The molecule has 1 N–H and O–H groups in total. The van der Waals surface area contributed by atoms with E-state index in [1.807, 2.05) is 24.3 Å². The Labute approximate surface area is 162 Å². The van der Waals surface area contributed by atoms with Crippen molar-refractivity contribution in [2.45, 2.75) is 25.7 Å². The van der Waals surface area contributed by atoms with Gasteiger partial charge in [0.25, 0.3) is 0 Å². The molecular weight excluding hydrogens is 396 g/mol. The average molecular weight is 417 g/mol. The molecule has 0 saturated carbocycles. The van der Waals surface area contributed by atoms with Crippen LogP contribution in [0.1, 0.15) is 33.9 Å². The van der Waals surface area contributed by atoms with Gasteiger partial charge in [-0.2, -0.15) is 0 Å². The van der Waals surface area contributed by atoms with Crippen LogP contribution in [0.15, 0.2) is 29.6 Å². The minimum atomic E-state index is -3.29. The van der Waals surface area contributed by atoms with Crippen molar-refractivity contribution in [2.24, 2.45) is 0 Å². The predicted molar refractivity (Wildman–Crippen MR) is 104 cm³/mol. The Morgan fingerprint density at radius 1 is 1.27 bits per heavy atom. The highest BCUT2D eigenvalue weighted by Crippen LogP contribution is 2.15. The zero-order valence-electron chi connectivity index (χ0n) is 14.4. The summed E-state index contributed by atoms with van der Waals surface area (Å²) in [6.07, 6.45) is 3.81. The number of carboxylic acids is 1. The number of aromatic carboxylic acids is 1. The van der Waals surface area contributed by atoms with E-state index in [9.17, 15) is 13.2 Å². The van der Waals surface area contributed by atoms with Crippen molar-refractivity contribution >= 4 is 38.9 Å². The molecular formula is C17H21ClN2O4S2. The summed E-state index contributed by atoms with van der Waals surface area (Å²) < 4.78 is 25.4. The molecule has 0 fully saturated rings. The van der Waals surface area contributed by atoms with Gasteiger partial charge < -0.3 is 5.11 Å². The number of hydrogen-bond acceptors (Lipinski definition) is 5. The molecule has 1 heterocycles. The van der Waals surface area contributed by atoms with E-state index in [-0.39, 0.29) is 5.69 Å². The second kappa shape index (κ2) is 9.45. The number of halogens is 1. The van der Waals surface area contributed by atoms with Crippen LogP contribution in [0.25, 0.3) is 0 Å². The summed E-state index contributed by atoms with van der Waals surface area (Å²) in [5, 5.41) is 11.7. The van der Waals surface area contributed by atoms with Crippen molar-refractivity contribution in [3.05, 3.63) is 50.9 Å². The highest BCUT2D eigenvalue weighted by Gasteiger charge is 2.16. The standard InChI is InChI=1S/C17H21ClN2O4S2/c1-26(23,24)20(9-3-6-13-5-2-7-14(18)11-13)10-4-8-16-19-15(12-25-16)17(21)22/h2,5,7,11-12H,3-4,6,8-10H2,1H3,(H,21,22). The first-order valence-corrected chi connectivity index (χ1v) is 11.2. The van der Waals surface area contributed by atoms with Crippen LogP contribution in [0.3, 0.4) is 0 Å². The minimum absolute atomic E-state index is 0.0338. The van der Waals surface area contributed by atoms with Crippen LogP contribution in [0.2, 0.25) is 5.02 Å². The molecule has 0 aliphatic heterocycles. The zero-order valence-corrected chi connectivity index (χ0v) is 16.8. The topological polar surface area (TPSA) is 87.6 Å². The largest absolute Gasteiger partial charge is 0.476 e. The molecule has 0 saturated heterocycles. The summed E-state index contributed by atoms with van der Waals surface area (Å²) in [5.41, 5.74) is 1.11. The fourth-order valence-electron chi connectivity index (χ4n) is 2.53. The molecule has 1 aromatic heterocycles. The van der Waals surface area contributed by atoms with Crippen molar-refractivity contribution in [3.63, 3.8) is 0 Å². The lowest BCUT2D eigenvalue weighted by atomic mass is 10.1. The van der Waals surface area contributed by atoms with Crippen molar-refractivity contribution in [3.8, 4) is 0 Å². The van der Waals surface area contributed by atoms with E-state index in [4.69, 9.17) is 16.7 Å². The number of thiazole rings is 1. The summed E-state index contributed by atoms with van der Waals surface area (Å²) in [4.78, 5) is 14.8. The molecule has 0 aliphatic carbocycles. The first-order chi connectivity index (χ1) is 12.3. The number of nitrogens with zero attached hydrogens (tertiary/aromatic N) is 2. The maximum atomic E-state index is 12.0. The highest BCUT2D eigenvalue weighted by atomic mass is 35.5. The van der Waals surface area contributed by atoms with Gasteiger partial charge >= 0.3 is 5.97 Å². The summed E-state index contributed by atoms with van der Waals surface area (Å²) in [6.45, 7) is 0.819. The van der Waals surface area contributed by atoms with E-state index in [1.165, 1.54) is 27.3 Å². The van der Waals surface area contributed by atoms with Gasteiger partial charge in [-0.05, 0) is 37.0 Å². The number of carbonyl (C=O) groups is 1. The fourth-order valence-corrected chi connectivity index (χ4v) is 4.47. The molecule has 26 heavy (non-hydrogen) atoms. The smallest absolute Gasteiger partial charge is 0.355 e. The lowest BCUT2D eigenvalue weighted by Gasteiger charge is -2.19. The van der Waals surface area contributed by atoms with Crippen LogP contribution in [0.4, 0.5) is 0 Å². The number of aromatic nitrogens is 1. The molecule has 0 atom stereocenters. The van der Waals surface area contributed by atoms with Gasteiger partial charge in [-0.15, -0.1) is 11.3 Å². The Morgan fingerprint density at radius 2 is 1.96 bits per heavy atom. The summed E-state index contributed by atoms with van der Waals surface area (Å²) in [6, 6.07) is 7.54. The minimum Gasteiger partial charge on any atom is -0.476 e. The van der Waals surface area contributed by atoms with E-state index in [0.29, 0.717) is 42.4 Å². The van der Waals surface area contributed by atoms with Crippen LogP contribution in [0, 0.1) is 0 Å². The van der Waals surface area contributed by atoms with Crippen LogP contribution >= 0.6 is 22.9 Å². The number of rotatable bonds is 10. The second-order valence-electron chi connectivity index (χ2n) is 5.93. The first-order valence-electron chi connectivity index (χ1n) is 8.13. The number of carboxylic acid groups (broad SMARTS) is 1. The molecule has 6 nitrogen and oxygen atoms in total. The van der Waals surface area contributed by atoms with E-state index in [0.717, 1.165) is 12.0 Å². The van der Waals surface area contributed by atoms with Crippen LogP contribution < -0.4 is 0 Å². The van der Waals surface area contributed by atoms with E-state index < -0.39 is 16.0 Å².